The van der Waals surface area contributed by atoms with Crippen molar-refractivity contribution >= 4 is 50.7 Å². The fraction of sp³-hybridized carbons (Fsp3) is 0.133. The molecule has 104 valence electrons. The number of benzene rings is 2. The molecule has 2 N–H and O–H groups in total. The van der Waals surface area contributed by atoms with Crippen LogP contribution in [0.25, 0.3) is 0 Å². The summed E-state index contributed by atoms with van der Waals surface area (Å²) in [5, 5.41) is 7.02. The van der Waals surface area contributed by atoms with Crippen molar-refractivity contribution < 1.29 is 0 Å². The molecule has 0 aliphatic carbocycles. The number of hydrogen-bond donors (Lipinski definition) is 2. The molecule has 0 saturated carbocycles. The highest BCUT2D eigenvalue weighted by Gasteiger charge is 1.98. The third-order valence-corrected chi connectivity index (χ3v) is 4.24. The third kappa shape index (κ3) is 5.53. The zero-order valence-electron chi connectivity index (χ0n) is 10.8. The highest BCUT2D eigenvalue weighted by atomic mass is 79.9. The summed E-state index contributed by atoms with van der Waals surface area (Å²) in [6.45, 7) is 0.833. The van der Waals surface area contributed by atoms with E-state index in [0.717, 1.165) is 22.5 Å². The molecule has 0 bridgehead atoms. The van der Waals surface area contributed by atoms with E-state index in [0.29, 0.717) is 5.11 Å². The van der Waals surface area contributed by atoms with Crippen LogP contribution in [0, 0.1) is 0 Å². The lowest BCUT2D eigenvalue weighted by atomic mass is 10.3. The van der Waals surface area contributed by atoms with Crippen LogP contribution in [-0.4, -0.2) is 17.4 Å². The summed E-state index contributed by atoms with van der Waals surface area (Å²) in [4.78, 5) is 1.28. The standard InChI is InChI=1S/C15H15BrN2S2/c16-12-5-4-6-13(11-12)18-15(19)17-9-10-20-14-7-2-1-3-8-14/h1-8,11H,9-10H2,(H2,17,18,19). The number of anilines is 1. The SMILES string of the molecule is S=C(NCCSc1ccccc1)Nc1cccc(Br)c1. The maximum absolute atomic E-state index is 5.26. The van der Waals surface area contributed by atoms with Gasteiger partial charge in [-0.15, -0.1) is 11.8 Å². The molecule has 2 nitrogen and oxygen atoms in total. The molecule has 0 heterocycles. The molecule has 0 saturated heterocycles. The lowest BCUT2D eigenvalue weighted by Gasteiger charge is -2.10. The van der Waals surface area contributed by atoms with E-state index in [-0.39, 0.29) is 0 Å². The second kappa shape index (κ2) is 8.29. The van der Waals surface area contributed by atoms with Gasteiger partial charge < -0.3 is 10.6 Å². The van der Waals surface area contributed by atoms with Crippen LogP contribution in [-0.2, 0) is 0 Å². The smallest absolute Gasteiger partial charge is 0.170 e. The number of thiocarbonyl (C=S) groups is 1. The van der Waals surface area contributed by atoms with E-state index in [1.165, 1.54) is 4.90 Å². The predicted molar refractivity (Wildman–Crippen MR) is 95.5 cm³/mol. The largest absolute Gasteiger partial charge is 0.362 e. The van der Waals surface area contributed by atoms with Crippen molar-refractivity contribution in [2.75, 3.05) is 17.6 Å². The summed E-state index contributed by atoms with van der Waals surface area (Å²) in [5.41, 5.74) is 0.979. The molecule has 2 aromatic rings. The van der Waals surface area contributed by atoms with Gasteiger partial charge in [-0.05, 0) is 42.5 Å². The molecule has 0 spiro atoms. The molecule has 0 amide bonds. The Bertz CT molecular complexity index is 561. The number of halogens is 1. The second-order valence-electron chi connectivity index (χ2n) is 4.05. The summed E-state index contributed by atoms with van der Waals surface area (Å²) in [6, 6.07) is 18.3. The predicted octanol–water partition coefficient (Wildman–Crippen LogP) is 4.53. The first-order valence-corrected chi connectivity index (χ1v) is 8.41. The lowest BCUT2D eigenvalue weighted by Crippen LogP contribution is -2.30. The number of thioether (sulfide) groups is 1. The number of hydrogen-bond acceptors (Lipinski definition) is 2. The topological polar surface area (TPSA) is 24.1 Å². The zero-order chi connectivity index (χ0) is 14.2. The molecule has 0 fully saturated rings. The van der Waals surface area contributed by atoms with Gasteiger partial charge in [0.05, 0.1) is 0 Å². The van der Waals surface area contributed by atoms with E-state index >= 15 is 0 Å². The quantitative estimate of drug-likeness (QED) is 0.461. The molecular formula is C15H15BrN2S2. The highest BCUT2D eigenvalue weighted by Crippen LogP contribution is 2.16. The van der Waals surface area contributed by atoms with Crippen molar-refractivity contribution in [1.29, 1.82) is 0 Å². The normalized spacial score (nSPS) is 10.1. The van der Waals surface area contributed by atoms with Crippen LogP contribution in [0.1, 0.15) is 0 Å². The van der Waals surface area contributed by atoms with Gasteiger partial charge in [0.25, 0.3) is 0 Å². The first-order chi connectivity index (χ1) is 9.74. The Hall–Kier alpha value is -1.04. The maximum Gasteiger partial charge on any atom is 0.170 e. The molecule has 0 unspecified atom stereocenters. The minimum Gasteiger partial charge on any atom is -0.362 e. The molecule has 0 aliphatic rings. The van der Waals surface area contributed by atoms with E-state index in [9.17, 15) is 0 Å². The average Bonchev–Trinajstić information content (AvgIpc) is 2.45. The third-order valence-electron chi connectivity index (χ3n) is 2.48. The first-order valence-electron chi connectivity index (χ1n) is 6.22. The van der Waals surface area contributed by atoms with E-state index in [2.05, 4.69) is 50.8 Å². The van der Waals surface area contributed by atoms with Gasteiger partial charge in [0.1, 0.15) is 0 Å². The molecule has 0 aromatic heterocycles. The maximum atomic E-state index is 5.26. The van der Waals surface area contributed by atoms with Crippen LogP contribution in [0.15, 0.2) is 64.0 Å². The van der Waals surface area contributed by atoms with E-state index in [1.54, 1.807) is 0 Å². The van der Waals surface area contributed by atoms with Crippen molar-refractivity contribution in [3.63, 3.8) is 0 Å². The summed E-state index contributed by atoms with van der Waals surface area (Å²) in [6.07, 6.45) is 0. The Morgan fingerprint density at radius 3 is 2.65 bits per heavy atom. The van der Waals surface area contributed by atoms with Gasteiger partial charge in [-0.25, -0.2) is 0 Å². The second-order valence-corrected chi connectivity index (χ2v) is 6.55. The number of rotatable bonds is 5. The van der Waals surface area contributed by atoms with Crippen molar-refractivity contribution in [3.05, 3.63) is 59.1 Å². The summed E-state index contributed by atoms with van der Waals surface area (Å²) >= 11 is 10.5. The van der Waals surface area contributed by atoms with Gasteiger partial charge in [0.2, 0.25) is 0 Å². The van der Waals surface area contributed by atoms with Crippen LogP contribution in [0.3, 0.4) is 0 Å². The molecule has 2 aromatic carbocycles. The molecule has 0 atom stereocenters. The molecule has 0 aliphatic heterocycles. The molecule has 5 heteroatoms. The Balaban J connectivity index is 1.68. The minimum atomic E-state index is 0.650. The highest BCUT2D eigenvalue weighted by molar-refractivity contribution is 9.10. The van der Waals surface area contributed by atoms with Gasteiger partial charge in [-0.2, -0.15) is 0 Å². The van der Waals surface area contributed by atoms with Crippen molar-refractivity contribution in [2.45, 2.75) is 4.90 Å². The van der Waals surface area contributed by atoms with Crippen molar-refractivity contribution in [1.82, 2.24) is 5.32 Å². The Kier molecular flexibility index (Phi) is 6.36. The van der Waals surface area contributed by atoms with Crippen molar-refractivity contribution in [3.8, 4) is 0 Å². The van der Waals surface area contributed by atoms with Gasteiger partial charge in [0, 0.05) is 27.4 Å². The minimum absolute atomic E-state index is 0.650. The summed E-state index contributed by atoms with van der Waals surface area (Å²) < 4.78 is 1.03. The Morgan fingerprint density at radius 2 is 1.90 bits per heavy atom. The van der Waals surface area contributed by atoms with Crippen LogP contribution < -0.4 is 10.6 Å². The summed E-state index contributed by atoms with van der Waals surface area (Å²) in [7, 11) is 0. The molecular weight excluding hydrogens is 352 g/mol. The van der Waals surface area contributed by atoms with Gasteiger partial charge in [0.15, 0.2) is 5.11 Å². The van der Waals surface area contributed by atoms with E-state index in [1.807, 2.05) is 42.1 Å². The summed E-state index contributed by atoms with van der Waals surface area (Å²) in [5.74, 6) is 0.977. The van der Waals surface area contributed by atoms with Crippen molar-refractivity contribution in [2.24, 2.45) is 0 Å². The van der Waals surface area contributed by atoms with E-state index in [4.69, 9.17) is 12.2 Å². The van der Waals surface area contributed by atoms with Gasteiger partial charge >= 0.3 is 0 Å². The lowest BCUT2D eigenvalue weighted by molar-refractivity contribution is 0.990. The van der Waals surface area contributed by atoms with Gasteiger partial charge in [-0.1, -0.05) is 40.2 Å². The van der Waals surface area contributed by atoms with Crippen LogP contribution in [0.5, 0.6) is 0 Å². The Labute approximate surface area is 137 Å². The molecule has 2 rings (SSSR count). The average molecular weight is 367 g/mol. The number of nitrogens with one attached hydrogen (secondary N) is 2. The fourth-order valence-corrected chi connectivity index (χ4v) is 3.00. The van der Waals surface area contributed by atoms with Gasteiger partial charge in [-0.3, -0.25) is 0 Å². The fourth-order valence-electron chi connectivity index (χ4n) is 1.59. The monoisotopic (exact) mass is 366 g/mol. The molecule has 20 heavy (non-hydrogen) atoms. The van der Waals surface area contributed by atoms with Crippen LogP contribution in [0.4, 0.5) is 5.69 Å². The Morgan fingerprint density at radius 1 is 1.10 bits per heavy atom. The first kappa shape index (κ1) is 15.4. The van der Waals surface area contributed by atoms with E-state index < -0.39 is 0 Å². The van der Waals surface area contributed by atoms with Crippen LogP contribution in [0.2, 0.25) is 0 Å². The van der Waals surface area contributed by atoms with Crippen LogP contribution >= 0.6 is 39.9 Å². The molecule has 0 radical (unpaired) electrons. The zero-order valence-corrected chi connectivity index (χ0v) is 14.0.